The van der Waals surface area contributed by atoms with Crippen molar-refractivity contribution in [3.8, 4) is 11.7 Å². The number of nitrogens with two attached hydrogens (primary N) is 1. The van der Waals surface area contributed by atoms with E-state index < -0.39 is 5.54 Å². The van der Waals surface area contributed by atoms with Crippen LogP contribution in [0.4, 0.5) is 0 Å². The Bertz CT molecular complexity index is 846. The topological polar surface area (TPSA) is 78.1 Å². The van der Waals surface area contributed by atoms with Gasteiger partial charge in [-0.2, -0.15) is 4.98 Å². The lowest BCUT2D eigenvalue weighted by molar-refractivity contribution is 0.369. The van der Waals surface area contributed by atoms with Gasteiger partial charge in [-0.15, -0.1) is 0 Å². The van der Waals surface area contributed by atoms with Crippen LogP contribution in [0, 0.1) is 6.92 Å². The summed E-state index contributed by atoms with van der Waals surface area (Å²) in [5.41, 5.74) is 7.59. The van der Waals surface area contributed by atoms with Crippen molar-refractivity contribution >= 4 is 22.6 Å². The van der Waals surface area contributed by atoms with Gasteiger partial charge in [-0.3, -0.25) is 0 Å². The average Bonchev–Trinajstić information content (AvgIpc) is 3.20. The molecule has 2 aromatic heterocycles. The number of furan rings is 1. The molecule has 114 valence electrons. The predicted molar refractivity (Wildman–Crippen MR) is 83.6 cm³/mol. The zero-order chi connectivity index (χ0) is 15.3. The Morgan fingerprint density at radius 3 is 2.82 bits per heavy atom. The maximum Gasteiger partial charge on any atom is 0.294 e. The highest BCUT2D eigenvalue weighted by Gasteiger charge is 2.36. The number of hydrogen-bond acceptors (Lipinski definition) is 5. The fourth-order valence-corrected chi connectivity index (χ4v) is 3.32. The summed E-state index contributed by atoms with van der Waals surface area (Å²) in [6.45, 7) is 1.95. The molecule has 1 fully saturated rings. The molecule has 0 aliphatic heterocycles. The van der Waals surface area contributed by atoms with Crippen molar-refractivity contribution in [2.45, 2.75) is 38.1 Å². The number of rotatable bonds is 2. The van der Waals surface area contributed by atoms with Crippen LogP contribution in [0.5, 0.6) is 0 Å². The summed E-state index contributed by atoms with van der Waals surface area (Å²) in [5.74, 6) is 1.52. The fourth-order valence-electron chi connectivity index (χ4n) is 3.14. The Labute approximate surface area is 132 Å². The molecule has 1 saturated carbocycles. The van der Waals surface area contributed by atoms with Crippen molar-refractivity contribution in [1.82, 2.24) is 10.1 Å². The van der Waals surface area contributed by atoms with E-state index >= 15 is 0 Å². The number of nitrogens with zero attached hydrogens (tertiary/aromatic N) is 2. The van der Waals surface area contributed by atoms with Crippen LogP contribution in [0.3, 0.4) is 0 Å². The van der Waals surface area contributed by atoms with Crippen molar-refractivity contribution < 1.29 is 8.94 Å². The standard InChI is InChI=1S/C16H16ClN3O2/c1-9-11-8-10(17)4-5-12(11)21-13(9)14-19-15(20-22-14)16(18)6-2-3-7-16/h4-5,8H,2-3,6-7,18H2,1H3. The van der Waals surface area contributed by atoms with Crippen molar-refractivity contribution in [2.75, 3.05) is 0 Å². The Morgan fingerprint density at radius 1 is 1.27 bits per heavy atom. The first kappa shape index (κ1) is 13.8. The average molecular weight is 318 g/mol. The second-order valence-electron chi connectivity index (χ2n) is 5.98. The van der Waals surface area contributed by atoms with Crippen LogP contribution >= 0.6 is 11.6 Å². The normalized spacial score (nSPS) is 17.4. The highest BCUT2D eigenvalue weighted by molar-refractivity contribution is 6.31. The first-order valence-electron chi connectivity index (χ1n) is 7.39. The van der Waals surface area contributed by atoms with Gasteiger partial charge in [0.05, 0.1) is 5.54 Å². The Balaban J connectivity index is 1.79. The lowest BCUT2D eigenvalue weighted by Crippen LogP contribution is -2.34. The third kappa shape index (κ3) is 2.04. The van der Waals surface area contributed by atoms with Gasteiger partial charge in [0.15, 0.2) is 11.6 Å². The summed E-state index contributed by atoms with van der Waals surface area (Å²) >= 11 is 6.04. The number of benzene rings is 1. The second-order valence-corrected chi connectivity index (χ2v) is 6.42. The molecule has 1 aliphatic carbocycles. The number of fused-ring (bicyclic) bond motifs is 1. The maximum atomic E-state index is 6.37. The molecule has 0 bridgehead atoms. The van der Waals surface area contributed by atoms with Crippen LogP contribution in [-0.2, 0) is 5.54 Å². The monoisotopic (exact) mass is 317 g/mol. The van der Waals surface area contributed by atoms with Gasteiger partial charge in [0, 0.05) is 16.0 Å². The van der Waals surface area contributed by atoms with Crippen molar-refractivity contribution in [2.24, 2.45) is 5.73 Å². The van der Waals surface area contributed by atoms with Crippen LogP contribution in [0.1, 0.15) is 37.1 Å². The Morgan fingerprint density at radius 2 is 2.05 bits per heavy atom. The van der Waals surface area contributed by atoms with Crippen LogP contribution in [0.15, 0.2) is 27.1 Å². The van der Waals surface area contributed by atoms with E-state index in [0.29, 0.717) is 22.5 Å². The largest absolute Gasteiger partial charge is 0.451 e. The van der Waals surface area contributed by atoms with E-state index in [9.17, 15) is 0 Å². The first-order chi connectivity index (χ1) is 10.6. The Hall–Kier alpha value is -1.85. The first-order valence-corrected chi connectivity index (χ1v) is 7.77. The molecule has 22 heavy (non-hydrogen) atoms. The lowest BCUT2D eigenvalue weighted by atomic mass is 9.99. The molecule has 4 rings (SSSR count). The van der Waals surface area contributed by atoms with Gasteiger partial charge in [-0.25, -0.2) is 0 Å². The van der Waals surface area contributed by atoms with Gasteiger partial charge >= 0.3 is 0 Å². The quantitative estimate of drug-likeness (QED) is 0.767. The number of hydrogen-bond donors (Lipinski definition) is 1. The highest BCUT2D eigenvalue weighted by Crippen LogP contribution is 2.37. The molecule has 2 N–H and O–H groups in total. The van der Waals surface area contributed by atoms with E-state index in [0.717, 1.165) is 42.2 Å². The maximum absolute atomic E-state index is 6.37. The zero-order valence-corrected chi connectivity index (χ0v) is 13.0. The number of halogens is 1. The molecule has 2 heterocycles. The second kappa shape index (κ2) is 4.83. The van der Waals surface area contributed by atoms with E-state index in [2.05, 4.69) is 10.1 Å². The molecule has 0 unspecified atom stereocenters. The van der Waals surface area contributed by atoms with E-state index in [4.69, 9.17) is 26.3 Å². The molecular formula is C16H16ClN3O2. The summed E-state index contributed by atoms with van der Waals surface area (Å²) in [4.78, 5) is 4.48. The minimum absolute atomic E-state index is 0.372. The third-order valence-corrected chi connectivity index (χ3v) is 4.69. The molecule has 1 aliphatic rings. The SMILES string of the molecule is Cc1c(-c2nc(C3(N)CCCC3)no2)oc2ccc(Cl)cc12. The van der Waals surface area contributed by atoms with Gasteiger partial charge < -0.3 is 14.7 Å². The number of aryl methyl sites for hydroxylation is 1. The molecule has 6 heteroatoms. The van der Waals surface area contributed by atoms with Crippen LogP contribution in [0.2, 0.25) is 5.02 Å². The van der Waals surface area contributed by atoms with Gasteiger partial charge in [0.1, 0.15) is 5.58 Å². The minimum Gasteiger partial charge on any atom is -0.451 e. The summed E-state index contributed by atoms with van der Waals surface area (Å²) in [5, 5.41) is 5.70. The Kier molecular flexibility index (Phi) is 3.03. The van der Waals surface area contributed by atoms with Crippen molar-refractivity contribution in [1.29, 1.82) is 0 Å². The van der Waals surface area contributed by atoms with Crippen molar-refractivity contribution in [3.63, 3.8) is 0 Å². The van der Waals surface area contributed by atoms with E-state index in [1.807, 2.05) is 19.1 Å². The zero-order valence-electron chi connectivity index (χ0n) is 12.2. The van der Waals surface area contributed by atoms with Gasteiger partial charge in [-0.05, 0) is 38.0 Å². The fraction of sp³-hybridized carbons (Fsp3) is 0.375. The van der Waals surface area contributed by atoms with Crippen molar-refractivity contribution in [3.05, 3.63) is 34.6 Å². The molecule has 0 atom stereocenters. The van der Waals surface area contributed by atoms with Gasteiger partial charge in [-0.1, -0.05) is 29.6 Å². The summed E-state index contributed by atoms with van der Waals surface area (Å²) in [6.07, 6.45) is 3.98. The van der Waals surface area contributed by atoms with E-state index in [-0.39, 0.29) is 0 Å². The summed E-state index contributed by atoms with van der Waals surface area (Å²) < 4.78 is 11.3. The molecule has 5 nitrogen and oxygen atoms in total. The minimum atomic E-state index is -0.467. The smallest absolute Gasteiger partial charge is 0.294 e. The molecule has 0 amide bonds. The molecule has 0 radical (unpaired) electrons. The summed E-state index contributed by atoms with van der Waals surface area (Å²) in [7, 11) is 0. The molecule has 1 aromatic carbocycles. The molecule has 0 saturated heterocycles. The van der Waals surface area contributed by atoms with E-state index in [1.54, 1.807) is 6.07 Å². The van der Waals surface area contributed by atoms with Crippen LogP contribution in [0.25, 0.3) is 22.6 Å². The van der Waals surface area contributed by atoms with E-state index in [1.165, 1.54) is 0 Å². The van der Waals surface area contributed by atoms with Gasteiger partial charge in [0.25, 0.3) is 5.89 Å². The molecule has 0 spiro atoms. The third-order valence-electron chi connectivity index (χ3n) is 4.46. The molecule has 3 aromatic rings. The van der Waals surface area contributed by atoms with Crippen LogP contribution in [-0.4, -0.2) is 10.1 Å². The highest BCUT2D eigenvalue weighted by atomic mass is 35.5. The molecular weight excluding hydrogens is 302 g/mol. The van der Waals surface area contributed by atoms with Gasteiger partial charge in [0.2, 0.25) is 0 Å². The predicted octanol–water partition coefficient (Wildman–Crippen LogP) is 4.17. The number of aromatic nitrogens is 2. The lowest BCUT2D eigenvalue weighted by Gasteiger charge is -2.17. The van der Waals surface area contributed by atoms with Crippen LogP contribution < -0.4 is 5.73 Å². The summed E-state index contributed by atoms with van der Waals surface area (Å²) in [6, 6.07) is 5.51.